The number of benzene rings is 1. The van der Waals surface area contributed by atoms with Crippen molar-refractivity contribution in [1.29, 1.82) is 0 Å². The number of allylic oxidation sites excluding steroid dienone is 1. The zero-order valence-electron chi connectivity index (χ0n) is 15.8. The molecule has 3 rings (SSSR count). The summed E-state index contributed by atoms with van der Waals surface area (Å²) in [5.41, 5.74) is 3.16. The number of fused-ring (bicyclic) bond motifs is 1. The third-order valence-corrected chi connectivity index (χ3v) is 5.66. The van der Waals surface area contributed by atoms with Crippen LogP contribution in [-0.4, -0.2) is 34.8 Å². The van der Waals surface area contributed by atoms with Crippen molar-refractivity contribution in [3.63, 3.8) is 0 Å². The molecule has 5 nitrogen and oxygen atoms in total. The third-order valence-electron chi connectivity index (χ3n) is 4.70. The van der Waals surface area contributed by atoms with E-state index in [1.165, 1.54) is 12.7 Å². The van der Waals surface area contributed by atoms with E-state index in [1.54, 1.807) is 23.6 Å². The predicted molar refractivity (Wildman–Crippen MR) is 104 cm³/mol. The Morgan fingerprint density at radius 2 is 1.92 bits per heavy atom. The first-order valence-electron chi connectivity index (χ1n) is 8.67. The minimum absolute atomic E-state index is 0.0127. The van der Waals surface area contributed by atoms with Crippen LogP contribution in [0.1, 0.15) is 51.3 Å². The van der Waals surface area contributed by atoms with E-state index in [1.807, 2.05) is 12.1 Å². The van der Waals surface area contributed by atoms with Crippen LogP contribution >= 0.6 is 11.8 Å². The summed E-state index contributed by atoms with van der Waals surface area (Å²) < 4.78 is 4.99. The number of carbonyl (C=O) groups is 2. The maximum atomic E-state index is 12.7. The van der Waals surface area contributed by atoms with Crippen LogP contribution < -0.4 is 0 Å². The van der Waals surface area contributed by atoms with Gasteiger partial charge in [0.1, 0.15) is 0 Å². The van der Waals surface area contributed by atoms with Crippen molar-refractivity contribution >= 4 is 28.8 Å². The summed E-state index contributed by atoms with van der Waals surface area (Å²) in [7, 11) is 1.36. The molecule has 1 atom stereocenters. The fourth-order valence-electron chi connectivity index (χ4n) is 3.25. The van der Waals surface area contributed by atoms with Crippen LogP contribution in [0.3, 0.4) is 0 Å². The minimum Gasteiger partial charge on any atom is -0.466 e. The second-order valence-electron chi connectivity index (χ2n) is 7.52. The molecule has 2 heterocycles. The monoisotopic (exact) mass is 372 g/mol. The van der Waals surface area contributed by atoms with Crippen LogP contribution in [0, 0.1) is 0 Å². The number of hydrogen-bond donors (Lipinski definition) is 0. The maximum absolute atomic E-state index is 12.7. The molecule has 0 radical (unpaired) electrons. The van der Waals surface area contributed by atoms with Gasteiger partial charge in [0.25, 0.3) is 0 Å². The van der Waals surface area contributed by atoms with Crippen molar-refractivity contribution in [3.8, 4) is 0 Å². The molecule has 2 aliphatic heterocycles. The van der Waals surface area contributed by atoms with E-state index < -0.39 is 12.0 Å². The number of methoxy groups -OCH3 is 1. The van der Waals surface area contributed by atoms with E-state index in [-0.39, 0.29) is 11.3 Å². The lowest BCUT2D eigenvalue weighted by Gasteiger charge is -2.39. The van der Waals surface area contributed by atoms with E-state index in [0.717, 1.165) is 5.56 Å². The summed E-state index contributed by atoms with van der Waals surface area (Å²) in [4.78, 5) is 31.3. The number of esters is 1. The topological polar surface area (TPSA) is 59.0 Å². The molecule has 1 aromatic rings. The second kappa shape index (κ2) is 6.91. The van der Waals surface area contributed by atoms with Crippen molar-refractivity contribution in [1.82, 2.24) is 4.90 Å². The van der Waals surface area contributed by atoms with Crippen LogP contribution in [0.15, 0.2) is 40.5 Å². The molecule has 0 aliphatic carbocycles. The number of ether oxygens (including phenoxy) is 1. The number of carbonyl (C=O) groups excluding carboxylic acids is 2. The lowest BCUT2D eigenvalue weighted by Crippen LogP contribution is -2.45. The van der Waals surface area contributed by atoms with Gasteiger partial charge in [0.2, 0.25) is 5.91 Å². The third kappa shape index (κ3) is 3.30. The Morgan fingerprint density at radius 1 is 1.27 bits per heavy atom. The number of amidine groups is 1. The fourth-order valence-corrected chi connectivity index (χ4v) is 4.26. The van der Waals surface area contributed by atoms with Crippen molar-refractivity contribution in [2.45, 2.75) is 45.6 Å². The average Bonchev–Trinajstić information content (AvgIpc) is 2.59. The first kappa shape index (κ1) is 18.7. The molecule has 138 valence electrons. The Balaban J connectivity index is 2.12. The molecule has 0 bridgehead atoms. The molecule has 1 amide bonds. The van der Waals surface area contributed by atoms with Gasteiger partial charge in [-0.3, -0.25) is 9.69 Å². The van der Waals surface area contributed by atoms with Gasteiger partial charge in [0, 0.05) is 12.2 Å². The molecule has 6 heteroatoms. The van der Waals surface area contributed by atoms with Gasteiger partial charge in [0.15, 0.2) is 5.17 Å². The summed E-state index contributed by atoms with van der Waals surface area (Å²) in [6, 6.07) is 7.62. The van der Waals surface area contributed by atoms with Gasteiger partial charge in [-0.05, 0) is 23.5 Å². The van der Waals surface area contributed by atoms with E-state index in [9.17, 15) is 9.59 Å². The lowest BCUT2D eigenvalue weighted by molar-refractivity contribution is -0.137. The van der Waals surface area contributed by atoms with E-state index in [4.69, 9.17) is 4.74 Å². The van der Waals surface area contributed by atoms with Crippen LogP contribution in [0.25, 0.3) is 0 Å². The number of rotatable bonds is 2. The van der Waals surface area contributed by atoms with Gasteiger partial charge < -0.3 is 4.74 Å². The van der Waals surface area contributed by atoms with Crippen LogP contribution in [0.2, 0.25) is 0 Å². The number of thioether (sulfide) groups is 1. The molecule has 1 aromatic carbocycles. The van der Waals surface area contributed by atoms with Crippen LogP contribution in [0.5, 0.6) is 0 Å². The van der Waals surface area contributed by atoms with Gasteiger partial charge in [0.05, 0.1) is 24.4 Å². The molecule has 0 N–H and O–H groups in total. The largest absolute Gasteiger partial charge is 0.466 e. The molecule has 2 aliphatic rings. The Morgan fingerprint density at radius 3 is 2.50 bits per heavy atom. The van der Waals surface area contributed by atoms with Crippen LogP contribution in [0.4, 0.5) is 0 Å². The van der Waals surface area contributed by atoms with Crippen molar-refractivity contribution in [2.24, 2.45) is 4.99 Å². The van der Waals surface area contributed by atoms with E-state index in [2.05, 4.69) is 37.9 Å². The molecule has 0 saturated carbocycles. The highest BCUT2D eigenvalue weighted by molar-refractivity contribution is 8.14. The molecule has 26 heavy (non-hydrogen) atoms. The summed E-state index contributed by atoms with van der Waals surface area (Å²) in [6.45, 7) is 8.26. The van der Waals surface area contributed by atoms with E-state index in [0.29, 0.717) is 28.6 Å². The summed E-state index contributed by atoms with van der Waals surface area (Å²) >= 11 is 1.55. The number of amides is 1. The van der Waals surface area contributed by atoms with Gasteiger partial charge in [-0.1, -0.05) is 56.8 Å². The highest BCUT2D eigenvalue weighted by Crippen LogP contribution is 2.40. The van der Waals surface area contributed by atoms with Crippen molar-refractivity contribution in [3.05, 3.63) is 46.7 Å². The smallest absolute Gasteiger partial charge is 0.338 e. The number of hydrogen-bond acceptors (Lipinski definition) is 5. The summed E-state index contributed by atoms with van der Waals surface area (Å²) in [5, 5.41) is 0.663. The minimum atomic E-state index is -0.496. The molecule has 0 aromatic heterocycles. The van der Waals surface area contributed by atoms with Crippen molar-refractivity contribution < 1.29 is 14.3 Å². The maximum Gasteiger partial charge on any atom is 0.338 e. The lowest BCUT2D eigenvalue weighted by atomic mass is 9.85. The molecular weight excluding hydrogens is 348 g/mol. The highest BCUT2D eigenvalue weighted by atomic mass is 32.2. The molecule has 0 spiro atoms. The van der Waals surface area contributed by atoms with E-state index >= 15 is 0 Å². The summed E-state index contributed by atoms with van der Waals surface area (Å²) in [6.07, 6.45) is 0.438. The zero-order chi connectivity index (χ0) is 19.1. The Hall–Kier alpha value is -2.08. The quantitative estimate of drug-likeness (QED) is 0.741. The Bertz CT molecular complexity index is 803. The van der Waals surface area contributed by atoms with Gasteiger partial charge in [-0.15, -0.1) is 0 Å². The van der Waals surface area contributed by atoms with Gasteiger partial charge in [-0.25, -0.2) is 9.79 Å². The first-order chi connectivity index (χ1) is 12.2. The predicted octanol–water partition coefficient (Wildman–Crippen LogP) is 3.81. The molecule has 1 fully saturated rings. The molecule has 0 unspecified atom stereocenters. The standard InChI is InChI=1S/C20H24N2O3S/c1-12-16(18(24)25-5)17(22-15(23)10-11-26-19(22)21-12)13-6-8-14(9-7-13)20(2,3)4/h6-9,17H,10-11H2,1-5H3/t17-/m1/s1. The summed E-state index contributed by atoms with van der Waals surface area (Å²) in [5.74, 6) is 0.255. The molecular formula is C20H24N2O3S. The van der Waals surface area contributed by atoms with Gasteiger partial charge >= 0.3 is 5.97 Å². The normalized spacial score (nSPS) is 20.7. The zero-order valence-corrected chi connectivity index (χ0v) is 16.6. The highest BCUT2D eigenvalue weighted by Gasteiger charge is 2.41. The SMILES string of the molecule is COC(=O)C1=C(C)N=C2SCCC(=O)N2[C@@H]1c1ccc(C(C)(C)C)cc1. The Kier molecular flexibility index (Phi) is 4.97. The average molecular weight is 372 g/mol. The number of aliphatic imine (C=N–C) groups is 1. The fraction of sp³-hybridized carbons (Fsp3) is 0.450. The van der Waals surface area contributed by atoms with Crippen molar-refractivity contribution in [2.75, 3.05) is 12.9 Å². The Labute approximate surface area is 158 Å². The van der Waals surface area contributed by atoms with Crippen LogP contribution in [-0.2, 0) is 19.7 Å². The second-order valence-corrected chi connectivity index (χ2v) is 8.58. The number of nitrogens with zero attached hydrogens (tertiary/aromatic N) is 2. The first-order valence-corrected chi connectivity index (χ1v) is 9.65. The molecule has 1 saturated heterocycles. The van der Waals surface area contributed by atoms with Gasteiger partial charge in [-0.2, -0.15) is 0 Å².